The van der Waals surface area contributed by atoms with Gasteiger partial charge in [0.25, 0.3) is 17.7 Å². The van der Waals surface area contributed by atoms with Gasteiger partial charge in [0.2, 0.25) is 5.91 Å². The molecule has 0 unspecified atom stereocenters. The zero-order valence-corrected chi connectivity index (χ0v) is 17.3. The van der Waals surface area contributed by atoms with Gasteiger partial charge >= 0.3 is 0 Å². The summed E-state index contributed by atoms with van der Waals surface area (Å²) in [7, 11) is 0. The van der Waals surface area contributed by atoms with Crippen LogP contribution in [-0.2, 0) is 4.79 Å². The maximum absolute atomic E-state index is 12.6. The minimum Gasteiger partial charge on any atom is -0.484 e. The third kappa shape index (κ3) is 4.03. The summed E-state index contributed by atoms with van der Waals surface area (Å²) in [5, 5.41) is 2.74. The smallest absolute Gasteiger partial charge is 0.266 e. The first-order valence-electron chi connectivity index (χ1n) is 9.45. The number of anilines is 2. The number of imide groups is 1. The van der Waals surface area contributed by atoms with E-state index in [-0.39, 0.29) is 22.9 Å². The molecule has 1 aliphatic rings. The van der Waals surface area contributed by atoms with Crippen molar-refractivity contribution in [2.75, 3.05) is 16.8 Å². The number of fused-ring (bicyclic) bond motifs is 1. The molecule has 160 valence electrons. The lowest BCUT2D eigenvalue weighted by atomic mass is 10.1. The summed E-state index contributed by atoms with van der Waals surface area (Å²) in [6.45, 7) is -0.319. The zero-order valence-electron chi connectivity index (χ0n) is 16.5. The van der Waals surface area contributed by atoms with Crippen molar-refractivity contribution < 1.29 is 23.9 Å². The fourth-order valence-electron chi connectivity index (χ4n) is 3.26. The molecule has 0 radical (unpaired) electrons. The van der Waals surface area contributed by atoms with Gasteiger partial charge in [0.15, 0.2) is 6.61 Å². The number of nitrogens with two attached hydrogens (primary N) is 1. The van der Waals surface area contributed by atoms with Crippen LogP contribution in [0.15, 0.2) is 66.7 Å². The van der Waals surface area contributed by atoms with E-state index in [4.69, 9.17) is 22.1 Å². The highest BCUT2D eigenvalue weighted by Crippen LogP contribution is 2.34. The molecule has 0 spiro atoms. The molecule has 1 aliphatic heterocycles. The number of carbonyl (C=O) groups is 4. The second-order valence-corrected chi connectivity index (χ2v) is 7.29. The summed E-state index contributed by atoms with van der Waals surface area (Å²) in [4.78, 5) is 49.7. The number of rotatable bonds is 6. The van der Waals surface area contributed by atoms with Crippen molar-refractivity contribution in [3.05, 3.63) is 88.4 Å². The number of amides is 4. The van der Waals surface area contributed by atoms with Crippen molar-refractivity contribution in [3.8, 4) is 5.75 Å². The summed E-state index contributed by atoms with van der Waals surface area (Å²) in [6, 6.07) is 17.1. The van der Waals surface area contributed by atoms with Gasteiger partial charge in [0, 0.05) is 11.3 Å². The van der Waals surface area contributed by atoms with E-state index >= 15 is 0 Å². The first-order chi connectivity index (χ1) is 15.3. The van der Waals surface area contributed by atoms with Gasteiger partial charge in [-0.15, -0.1) is 0 Å². The van der Waals surface area contributed by atoms with E-state index in [1.165, 1.54) is 30.3 Å². The molecule has 0 atom stereocenters. The Balaban J connectivity index is 1.43. The molecular weight excluding hydrogens is 434 g/mol. The van der Waals surface area contributed by atoms with Gasteiger partial charge in [-0.25, -0.2) is 4.90 Å². The first kappa shape index (κ1) is 21.1. The molecule has 0 saturated heterocycles. The van der Waals surface area contributed by atoms with Gasteiger partial charge in [-0.1, -0.05) is 29.8 Å². The first-order valence-corrected chi connectivity index (χ1v) is 9.83. The summed E-state index contributed by atoms with van der Waals surface area (Å²) >= 11 is 6.31. The standard InChI is InChI=1S/C23H16ClN3O5/c24-18-11-14(26-20(28)12-32-15-5-3-4-13(10-15)21(25)29)8-9-19(18)27-22(30)16-6-1-2-7-17(16)23(27)31/h1-11H,12H2,(H2,25,29)(H,26,28). The highest BCUT2D eigenvalue weighted by Gasteiger charge is 2.37. The molecule has 3 aromatic rings. The Kier molecular flexibility index (Phi) is 5.61. The van der Waals surface area contributed by atoms with E-state index in [0.29, 0.717) is 22.6 Å². The van der Waals surface area contributed by atoms with Crippen molar-refractivity contribution in [1.82, 2.24) is 0 Å². The minimum absolute atomic E-state index is 0.118. The normalized spacial score (nSPS) is 12.5. The number of hydrogen-bond acceptors (Lipinski definition) is 5. The van der Waals surface area contributed by atoms with Crippen LogP contribution in [0.3, 0.4) is 0 Å². The van der Waals surface area contributed by atoms with Gasteiger partial charge in [-0.05, 0) is 48.5 Å². The van der Waals surface area contributed by atoms with Gasteiger partial charge < -0.3 is 15.8 Å². The van der Waals surface area contributed by atoms with Crippen LogP contribution in [-0.4, -0.2) is 30.2 Å². The predicted molar refractivity (Wildman–Crippen MR) is 118 cm³/mol. The topological polar surface area (TPSA) is 119 Å². The highest BCUT2D eigenvalue weighted by atomic mass is 35.5. The highest BCUT2D eigenvalue weighted by molar-refractivity contribution is 6.40. The third-order valence-electron chi connectivity index (χ3n) is 4.75. The largest absolute Gasteiger partial charge is 0.484 e. The number of nitrogens with one attached hydrogen (secondary N) is 1. The average Bonchev–Trinajstić information content (AvgIpc) is 3.03. The number of ether oxygens (including phenoxy) is 1. The summed E-state index contributed by atoms with van der Waals surface area (Å²) in [5.74, 6) is -1.69. The Labute approximate surface area is 187 Å². The Morgan fingerprint density at radius 2 is 1.62 bits per heavy atom. The van der Waals surface area contributed by atoms with Crippen LogP contribution < -0.4 is 20.7 Å². The van der Waals surface area contributed by atoms with Crippen LogP contribution in [0.4, 0.5) is 11.4 Å². The summed E-state index contributed by atoms with van der Waals surface area (Å²) in [5.41, 5.74) is 6.68. The van der Waals surface area contributed by atoms with Crippen LogP contribution >= 0.6 is 11.6 Å². The molecule has 1 heterocycles. The van der Waals surface area contributed by atoms with Gasteiger partial charge in [-0.2, -0.15) is 0 Å². The molecule has 3 aromatic carbocycles. The van der Waals surface area contributed by atoms with E-state index < -0.39 is 23.6 Å². The third-order valence-corrected chi connectivity index (χ3v) is 5.06. The Morgan fingerprint density at radius 3 is 2.25 bits per heavy atom. The van der Waals surface area contributed by atoms with Crippen LogP contribution in [0.5, 0.6) is 5.75 Å². The van der Waals surface area contributed by atoms with Crippen molar-refractivity contribution in [3.63, 3.8) is 0 Å². The number of carbonyl (C=O) groups excluding carboxylic acids is 4. The van der Waals surface area contributed by atoms with Gasteiger partial charge in [-0.3, -0.25) is 19.2 Å². The quantitative estimate of drug-likeness (QED) is 0.560. The molecule has 9 heteroatoms. The molecule has 32 heavy (non-hydrogen) atoms. The molecule has 0 fully saturated rings. The van der Waals surface area contributed by atoms with E-state index in [2.05, 4.69) is 5.32 Å². The average molecular weight is 450 g/mol. The Morgan fingerprint density at radius 1 is 0.938 bits per heavy atom. The maximum atomic E-state index is 12.6. The lowest BCUT2D eigenvalue weighted by molar-refractivity contribution is -0.118. The number of hydrogen-bond donors (Lipinski definition) is 2. The molecule has 8 nitrogen and oxygen atoms in total. The molecule has 0 saturated carbocycles. The lowest BCUT2D eigenvalue weighted by Crippen LogP contribution is -2.29. The molecule has 0 aliphatic carbocycles. The molecule has 3 N–H and O–H groups in total. The molecule has 0 bridgehead atoms. The van der Waals surface area contributed by atoms with Gasteiger partial charge in [0.1, 0.15) is 5.75 Å². The Bertz CT molecular complexity index is 1240. The number of benzene rings is 3. The van der Waals surface area contributed by atoms with Crippen molar-refractivity contribution in [2.24, 2.45) is 5.73 Å². The SMILES string of the molecule is NC(=O)c1cccc(OCC(=O)Nc2ccc(N3C(=O)c4ccccc4C3=O)c(Cl)c2)c1. The van der Waals surface area contributed by atoms with E-state index in [1.807, 2.05) is 0 Å². The van der Waals surface area contributed by atoms with Crippen molar-refractivity contribution in [1.29, 1.82) is 0 Å². The predicted octanol–water partition coefficient (Wildman–Crippen LogP) is 3.26. The van der Waals surface area contributed by atoms with Crippen LogP contribution in [0.1, 0.15) is 31.1 Å². The molecule has 4 amide bonds. The Hall–Kier alpha value is -4.17. The summed E-state index contributed by atoms with van der Waals surface area (Å²) < 4.78 is 5.38. The van der Waals surface area contributed by atoms with Gasteiger partial charge in [0.05, 0.1) is 21.8 Å². The number of halogens is 1. The van der Waals surface area contributed by atoms with E-state index in [9.17, 15) is 19.2 Å². The van der Waals surface area contributed by atoms with E-state index in [1.54, 1.807) is 36.4 Å². The van der Waals surface area contributed by atoms with Crippen molar-refractivity contribution >= 4 is 46.6 Å². The van der Waals surface area contributed by atoms with Crippen LogP contribution in [0.2, 0.25) is 5.02 Å². The number of nitrogens with zero attached hydrogens (tertiary/aromatic N) is 1. The second-order valence-electron chi connectivity index (χ2n) is 6.89. The fraction of sp³-hybridized carbons (Fsp3) is 0.0435. The van der Waals surface area contributed by atoms with E-state index in [0.717, 1.165) is 4.90 Å². The van der Waals surface area contributed by atoms with Crippen LogP contribution in [0, 0.1) is 0 Å². The van der Waals surface area contributed by atoms with Crippen molar-refractivity contribution in [2.45, 2.75) is 0 Å². The van der Waals surface area contributed by atoms with Crippen LogP contribution in [0.25, 0.3) is 0 Å². The minimum atomic E-state index is -0.604. The molecule has 4 rings (SSSR count). The lowest BCUT2D eigenvalue weighted by Gasteiger charge is -2.16. The fourth-order valence-corrected chi connectivity index (χ4v) is 3.52. The molecule has 0 aromatic heterocycles. The second kappa shape index (κ2) is 8.52. The monoisotopic (exact) mass is 449 g/mol. The summed E-state index contributed by atoms with van der Waals surface area (Å²) in [6.07, 6.45) is 0. The zero-order chi connectivity index (χ0) is 22.8. The maximum Gasteiger partial charge on any atom is 0.266 e. The molecular formula is C23H16ClN3O5. The number of primary amides is 1.